The molecule has 8 nitrogen and oxygen atoms in total. The van der Waals surface area contributed by atoms with Crippen LogP contribution in [-0.4, -0.2) is 33.4 Å². The molecule has 1 aliphatic heterocycles. The second-order valence-electron chi connectivity index (χ2n) is 7.00. The van der Waals surface area contributed by atoms with Crippen molar-refractivity contribution in [3.05, 3.63) is 53.6 Å². The Hall–Kier alpha value is -2.91. The number of sulfonamides is 1. The number of ether oxygens (including phenoxy) is 2. The van der Waals surface area contributed by atoms with Crippen LogP contribution in [0.25, 0.3) is 0 Å². The van der Waals surface area contributed by atoms with E-state index in [-0.39, 0.29) is 17.6 Å². The highest BCUT2D eigenvalue weighted by Crippen LogP contribution is 2.31. The van der Waals surface area contributed by atoms with Gasteiger partial charge in [-0.25, -0.2) is 13.8 Å². The Morgan fingerprint density at radius 1 is 1.10 bits per heavy atom. The molecule has 3 rings (SSSR count). The van der Waals surface area contributed by atoms with E-state index in [4.69, 9.17) is 9.47 Å². The fourth-order valence-electron chi connectivity index (χ4n) is 2.68. The fourth-order valence-corrected chi connectivity index (χ4v) is 4.02. The predicted molar refractivity (Wildman–Crippen MR) is 108 cm³/mol. The quantitative estimate of drug-likeness (QED) is 0.531. The monoisotopic (exact) mass is 417 g/mol. The molecular formula is C20H23N3O5S. The van der Waals surface area contributed by atoms with Crippen molar-refractivity contribution in [3.63, 3.8) is 0 Å². The minimum Gasteiger partial charge on any atom is -0.454 e. The summed E-state index contributed by atoms with van der Waals surface area (Å²) in [7, 11) is -3.84. The molecule has 2 aromatic carbocycles. The van der Waals surface area contributed by atoms with E-state index in [2.05, 4.69) is 15.2 Å². The van der Waals surface area contributed by atoms with E-state index in [1.54, 1.807) is 44.2 Å². The van der Waals surface area contributed by atoms with Crippen LogP contribution in [0, 0.1) is 12.8 Å². The first-order valence-electron chi connectivity index (χ1n) is 9.08. The summed E-state index contributed by atoms with van der Waals surface area (Å²) in [6.07, 6.45) is 1.45. The largest absolute Gasteiger partial charge is 0.454 e. The molecule has 0 aliphatic carbocycles. The van der Waals surface area contributed by atoms with Crippen LogP contribution >= 0.6 is 0 Å². The van der Waals surface area contributed by atoms with Crippen LogP contribution in [0.2, 0.25) is 0 Å². The Balaban J connectivity index is 1.67. The highest BCUT2D eigenvalue weighted by atomic mass is 32.2. The van der Waals surface area contributed by atoms with E-state index in [9.17, 15) is 13.2 Å². The molecule has 1 heterocycles. The molecule has 2 N–H and O–H groups in total. The van der Waals surface area contributed by atoms with Crippen molar-refractivity contribution in [1.29, 1.82) is 0 Å². The smallest absolute Gasteiger partial charge is 0.258 e. The van der Waals surface area contributed by atoms with E-state index in [1.807, 2.05) is 6.92 Å². The number of benzene rings is 2. The molecule has 0 bridgehead atoms. The number of aryl methyl sites for hydroxylation is 1. The van der Waals surface area contributed by atoms with Gasteiger partial charge in [-0.3, -0.25) is 4.79 Å². The Morgan fingerprint density at radius 2 is 1.79 bits per heavy atom. The summed E-state index contributed by atoms with van der Waals surface area (Å²) in [5.41, 5.74) is 4.04. The standard InChI is InChI=1S/C20H23N3O5S/c1-13(2)19(23-29(25,26)16-7-4-14(3)5-8-16)20(24)22-21-11-15-6-9-17-18(10-15)28-12-27-17/h4-11,13,19,23H,12H2,1-3H3,(H,22,24)/b21-11-/t19-/m1/s1. The van der Waals surface area contributed by atoms with E-state index >= 15 is 0 Å². The van der Waals surface area contributed by atoms with Gasteiger partial charge in [0.1, 0.15) is 6.04 Å². The lowest BCUT2D eigenvalue weighted by Crippen LogP contribution is -2.48. The van der Waals surface area contributed by atoms with Gasteiger partial charge in [0.25, 0.3) is 5.91 Å². The molecule has 0 fully saturated rings. The Labute approximate surface area is 170 Å². The molecule has 0 saturated heterocycles. The normalized spacial score (nSPS) is 14.3. The van der Waals surface area contributed by atoms with Gasteiger partial charge in [0, 0.05) is 0 Å². The Bertz CT molecular complexity index is 1020. The van der Waals surface area contributed by atoms with Gasteiger partial charge in [-0.1, -0.05) is 31.5 Å². The molecule has 0 radical (unpaired) electrons. The molecule has 29 heavy (non-hydrogen) atoms. The van der Waals surface area contributed by atoms with Gasteiger partial charge in [0.15, 0.2) is 11.5 Å². The molecule has 0 spiro atoms. The van der Waals surface area contributed by atoms with Crippen molar-refractivity contribution >= 4 is 22.1 Å². The minimum atomic E-state index is -3.84. The molecule has 0 aromatic heterocycles. The maximum absolute atomic E-state index is 12.6. The third-order valence-electron chi connectivity index (χ3n) is 4.35. The van der Waals surface area contributed by atoms with Gasteiger partial charge in [-0.15, -0.1) is 0 Å². The number of rotatable bonds is 7. The number of nitrogens with zero attached hydrogens (tertiary/aromatic N) is 1. The van der Waals surface area contributed by atoms with Gasteiger partial charge in [0.05, 0.1) is 11.1 Å². The zero-order valence-electron chi connectivity index (χ0n) is 16.4. The van der Waals surface area contributed by atoms with Gasteiger partial charge < -0.3 is 9.47 Å². The van der Waals surface area contributed by atoms with Gasteiger partial charge in [-0.05, 0) is 48.7 Å². The second-order valence-corrected chi connectivity index (χ2v) is 8.72. The highest BCUT2D eigenvalue weighted by Gasteiger charge is 2.28. The predicted octanol–water partition coefficient (Wildman–Crippen LogP) is 2.18. The van der Waals surface area contributed by atoms with Crippen molar-refractivity contribution in [2.45, 2.75) is 31.7 Å². The molecule has 0 saturated carbocycles. The highest BCUT2D eigenvalue weighted by molar-refractivity contribution is 7.89. The molecule has 154 valence electrons. The lowest BCUT2D eigenvalue weighted by atomic mass is 10.1. The summed E-state index contributed by atoms with van der Waals surface area (Å²) in [6, 6.07) is 10.7. The van der Waals surface area contributed by atoms with Gasteiger partial charge in [-0.2, -0.15) is 9.82 Å². The number of fused-ring (bicyclic) bond motifs is 1. The Morgan fingerprint density at radius 3 is 2.48 bits per heavy atom. The van der Waals surface area contributed by atoms with Crippen LogP contribution < -0.4 is 19.6 Å². The first-order valence-corrected chi connectivity index (χ1v) is 10.6. The maximum Gasteiger partial charge on any atom is 0.258 e. The van der Waals surface area contributed by atoms with Crippen LogP contribution in [0.15, 0.2) is 52.5 Å². The third kappa shape index (κ3) is 5.12. The lowest BCUT2D eigenvalue weighted by Gasteiger charge is -2.20. The molecule has 1 atom stereocenters. The number of amides is 1. The lowest BCUT2D eigenvalue weighted by molar-refractivity contribution is -0.123. The van der Waals surface area contributed by atoms with E-state index in [1.165, 1.54) is 18.3 Å². The Kier molecular flexibility index (Phi) is 6.19. The summed E-state index contributed by atoms with van der Waals surface area (Å²) in [6.45, 7) is 5.54. The maximum atomic E-state index is 12.6. The van der Waals surface area contributed by atoms with Crippen LogP contribution in [0.5, 0.6) is 11.5 Å². The summed E-state index contributed by atoms with van der Waals surface area (Å²) >= 11 is 0. The van der Waals surface area contributed by atoms with Crippen LogP contribution in [0.4, 0.5) is 0 Å². The van der Waals surface area contributed by atoms with Crippen molar-refractivity contribution in [2.24, 2.45) is 11.0 Å². The van der Waals surface area contributed by atoms with Crippen molar-refractivity contribution < 1.29 is 22.7 Å². The first kappa shape index (κ1) is 20.8. The van der Waals surface area contributed by atoms with Crippen molar-refractivity contribution in [3.8, 4) is 11.5 Å². The molecule has 0 unspecified atom stereocenters. The average Bonchev–Trinajstić information content (AvgIpc) is 3.14. The van der Waals surface area contributed by atoms with E-state index < -0.39 is 22.0 Å². The second kappa shape index (κ2) is 8.62. The minimum absolute atomic E-state index is 0.102. The SMILES string of the molecule is Cc1ccc(S(=O)(=O)N[C@@H](C(=O)N/N=C\c2ccc3c(c2)OCO3)C(C)C)cc1. The fraction of sp³-hybridized carbons (Fsp3) is 0.300. The van der Waals surface area contributed by atoms with Crippen molar-refractivity contribution in [2.75, 3.05) is 6.79 Å². The van der Waals surface area contributed by atoms with E-state index in [0.29, 0.717) is 17.1 Å². The third-order valence-corrected chi connectivity index (χ3v) is 5.80. The molecule has 2 aromatic rings. The summed E-state index contributed by atoms with van der Waals surface area (Å²) in [5, 5.41) is 3.93. The van der Waals surface area contributed by atoms with Crippen molar-refractivity contribution in [1.82, 2.24) is 10.1 Å². The molecular weight excluding hydrogens is 394 g/mol. The zero-order valence-corrected chi connectivity index (χ0v) is 17.2. The molecule has 1 amide bonds. The average molecular weight is 417 g/mol. The van der Waals surface area contributed by atoms with Gasteiger partial charge in [0.2, 0.25) is 16.8 Å². The van der Waals surface area contributed by atoms with Crippen LogP contribution in [0.3, 0.4) is 0 Å². The number of hydrogen-bond donors (Lipinski definition) is 2. The van der Waals surface area contributed by atoms with Crippen LogP contribution in [-0.2, 0) is 14.8 Å². The topological polar surface area (TPSA) is 106 Å². The first-order chi connectivity index (χ1) is 13.8. The summed E-state index contributed by atoms with van der Waals surface area (Å²) in [5.74, 6) is 0.423. The van der Waals surface area contributed by atoms with Gasteiger partial charge >= 0.3 is 0 Å². The number of carbonyl (C=O) groups is 1. The number of hydrogen-bond acceptors (Lipinski definition) is 6. The molecule has 9 heteroatoms. The number of nitrogens with one attached hydrogen (secondary N) is 2. The summed E-state index contributed by atoms with van der Waals surface area (Å²) in [4.78, 5) is 12.6. The number of hydrazone groups is 1. The van der Waals surface area contributed by atoms with Crippen LogP contribution in [0.1, 0.15) is 25.0 Å². The van der Waals surface area contributed by atoms with E-state index in [0.717, 1.165) is 5.56 Å². The molecule has 1 aliphatic rings. The zero-order chi connectivity index (χ0) is 21.0. The summed E-state index contributed by atoms with van der Waals surface area (Å²) < 4.78 is 38.2. The number of carbonyl (C=O) groups excluding carboxylic acids is 1.